The van der Waals surface area contributed by atoms with Crippen molar-refractivity contribution in [2.24, 2.45) is 0 Å². The molecule has 5 heterocycles. The van der Waals surface area contributed by atoms with E-state index >= 15 is 0 Å². The van der Waals surface area contributed by atoms with Crippen LogP contribution in [0.1, 0.15) is 26.7 Å². The normalized spacial score (nSPS) is 15.5. The first-order chi connectivity index (χ1) is 18.0. The molecule has 1 fully saturated rings. The molecule has 5 rings (SSSR count). The van der Waals surface area contributed by atoms with Crippen molar-refractivity contribution in [3.63, 3.8) is 0 Å². The number of aromatic nitrogens is 5. The Morgan fingerprint density at radius 2 is 2.00 bits per heavy atom. The molecular weight excluding hydrogens is 601 g/mol. The number of pyridine rings is 2. The molecule has 0 aliphatic carbocycles. The van der Waals surface area contributed by atoms with Crippen LogP contribution in [-0.4, -0.2) is 54.7 Å². The van der Waals surface area contributed by atoms with E-state index in [0.717, 1.165) is 0 Å². The zero-order chi connectivity index (χ0) is 27.2. The number of fused-ring (bicyclic) bond motifs is 1. The molecule has 1 aliphatic rings. The number of nitrogens with one attached hydrogen (secondary N) is 3. The molecule has 17 heteroatoms. The molecule has 0 bridgehead atoms. The molecule has 0 spiro atoms. The molecule has 196 valence electrons. The van der Waals surface area contributed by atoms with Gasteiger partial charge in [-0.2, -0.15) is 23.4 Å². The molecule has 0 radical (unpaired) electrons. The highest BCUT2D eigenvalue weighted by Crippen LogP contribution is 2.32. The van der Waals surface area contributed by atoms with Crippen LogP contribution in [0.4, 0.5) is 18.9 Å². The van der Waals surface area contributed by atoms with Crippen molar-refractivity contribution in [1.29, 1.82) is 0 Å². The van der Waals surface area contributed by atoms with Gasteiger partial charge in [-0.05, 0) is 40.2 Å². The Morgan fingerprint density at radius 1 is 1.21 bits per heavy atom. The predicted molar refractivity (Wildman–Crippen MR) is 128 cm³/mol. The van der Waals surface area contributed by atoms with Gasteiger partial charge in [-0.3, -0.25) is 19.2 Å². The van der Waals surface area contributed by atoms with Crippen molar-refractivity contribution in [2.75, 3.05) is 11.9 Å². The van der Waals surface area contributed by atoms with Crippen molar-refractivity contribution in [3.05, 3.63) is 69.3 Å². The summed E-state index contributed by atoms with van der Waals surface area (Å²) in [5.74, 6) is -2.70. The summed E-state index contributed by atoms with van der Waals surface area (Å²) >= 11 is 9.39. The van der Waals surface area contributed by atoms with Gasteiger partial charge in [-0.1, -0.05) is 11.6 Å². The van der Waals surface area contributed by atoms with Crippen LogP contribution in [0.3, 0.4) is 0 Å². The molecule has 0 saturated carbocycles. The van der Waals surface area contributed by atoms with Crippen LogP contribution in [0, 0.1) is 0 Å². The lowest BCUT2D eigenvalue weighted by Crippen LogP contribution is -2.42. The fourth-order valence-electron chi connectivity index (χ4n) is 3.59. The van der Waals surface area contributed by atoms with Crippen LogP contribution in [0.2, 0.25) is 5.02 Å². The number of amides is 3. The van der Waals surface area contributed by atoms with Crippen molar-refractivity contribution in [1.82, 2.24) is 35.2 Å². The van der Waals surface area contributed by atoms with E-state index in [1.165, 1.54) is 35.1 Å². The van der Waals surface area contributed by atoms with E-state index in [-0.39, 0.29) is 33.3 Å². The molecule has 1 atom stereocenters. The number of halogens is 5. The van der Waals surface area contributed by atoms with Gasteiger partial charge < -0.3 is 10.6 Å². The number of anilines is 1. The van der Waals surface area contributed by atoms with Gasteiger partial charge in [0, 0.05) is 16.7 Å². The first kappa shape index (κ1) is 25.6. The van der Waals surface area contributed by atoms with Crippen LogP contribution >= 0.6 is 27.5 Å². The molecule has 1 saturated heterocycles. The summed E-state index contributed by atoms with van der Waals surface area (Å²) in [6.45, 7) is -0.146. The van der Waals surface area contributed by atoms with Crippen LogP contribution in [0.15, 0.2) is 47.2 Å². The molecule has 12 nitrogen and oxygen atoms in total. The summed E-state index contributed by atoms with van der Waals surface area (Å²) in [6.07, 6.45) is -2.22. The largest absolute Gasteiger partial charge is 0.435 e. The number of alkyl halides is 3. The molecule has 3 amide bonds. The van der Waals surface area contributed by atoms with E-state index in [9.17, 15) is 27.6 Å². The Morgan fingerprint density at radius 3 is 2.68 bits per heavy atom. The van der Waals surface area contributed by atoms with E-state index < -0.39 is 41.3 Å². The Hall–Kier alpha value is -4.02. The van der Waals surface area contributed by atoms with Crippen molar-refractivity contribution in [2.45, 2.75) is 12.2 Å². The SMILES string of the molecule is O=C(Nc1c(Br)cc2ccnn2c1C(=O)NC1CONC1=O)c1cc(C(F)(F)F)nn1-c1ncccc1Cl. The van der Waals surface area contributed by atoms with Gasteiger partial charge in [0.05, 0.1) is 22.4 Å². The average Bonchev–Trinajstić information content (AvgIpc) is 3.59. The zero-order valence-electron chi connectivity index (χ0n) is 18.6. The summed E-state index contributed by atoms with van der Waals surface area (Å²) in [5.41, 5.74) is 0.254. The third-order valence-electron chi connectivity index (χ3n) is 5.30. The Balaban J connectivity index is 1.59. The Kier molecular flexibility index (Phi) is 6.54. The lowest BCUT2D eigenvalue weighted by Gasteiger charge is -2.16. The van der Waals surface area contributed by atoms with E-state index in [1.54, 1.807) is 6.07 Å². The van der Waals surface area contributed by atoms with E-state index in [0.29, 0.717) is 16.3 Å². The first-order valence-corrected chi connectivity index (χ1v) is 11.7. The van der Waals surface area contributed by atoms with E-state index in [2.05, 4.69) is 47.2 Å². The summed E-state index contributed by atoms with van der Waals surface area (Å²) in [4.78, 5) is 47.3. The minimum atomic E-state index is -4.88. The molecular formula is C21H13BrClF3N8O4. The first-order valence-electron chi connectivity index (χ1n) is 10.5. The van der Waals surface area contributed by atoms with Crippen LogP contribution in [0.25, 0.3) is 11.3 Å². The number of carbonyl (C=O) groups excluding carboxylic acids is 3. The molecule has 4 aromatic rings. The Labute approximate surface area is 223 Å². The minimum absolute atomic E-state index is 0.0605. The van der Waals surface area contributed by atoms with Gasteiger partial charge in [0.15, 0.2) is 17.2 Å². The molecule has 4 aromatic heterocycles. The lowest BCUT2D eigenvalue weighted by molar-refractivity contribution is -0.141. The molecule has 3 N–H and O–H groups in total. The summed E-state index contributed by atoms with van der Waals surface area (Å²) in [7, 11) is 0. The van der Waals surface area contributed by atoms with Crippen LogP contribution < -0.4 is 16.1 Å². The second-order valence-corrected chi connectivity index (χ2v) is 9.04. The third-order valence-corrected chi connectivity index (χ3v) is 6.22. The average molecular weight is 614 g/mol. The zero-order valence-corrected chi connectivity index (χ0v) is 20.9. The highest BCUT2D eigenvalue weighted by molar-refractivity contribution is 9.10. The maximum Gasteiger partial charge on any atom is 0.435 e. The molecule has 0 aromatic carbocycles. The molecule has 1 unspecified atom stereocenters. The number of hydrogen-bond acceptors (Lipinski definition) is 7. The number of hydroxylamine groups is 1. The second kappa shape index (κ2) is 9.70. The van der Waals surface area contributed by atoms with Gasteiger partial charge in [0.1, 0.15) is 18.3 Å². The number of carbonyl (C=O) groups is 3. The van der Waals surface area contributed by atoms with E-state index in [1.807, 2.05) is 0 Å². The maximum atomic E-state index is 13.5. The highest BCUT2D eigenvalue weighted by atomic mass is 79.9. The van der Waals surface area contributed by atoms with Gasteiger partial charge in [-0.15, -0.1) is 0 Å². The van der Waals surface area contributed by atoms with E-state index in [4.69, 9.17) is 16.4 Å². The number of hydrogen-bond donors (Lipinski definition) is 3. The lowest BCUT2D eigenvalue weighted by atomic mass is 10.2. The standard InChI is InChI=1S/C21H13BrClF3N8O4/c22-10-6-9-3-5-28-33(9)16(20(37)29-12-8-38-32-18(12)35)15(10)30-19(36)13-7-14(21(24,25)26)31-34(13)17-11(23)2-1-4-27-17/h1-7,12H,8H2,(H,29,37)(H,30,36)(H,32,35). The quantitative estimate of drug-likeness (QED) is 0.314. The van der Waals surface area contributed by atoms with Crippen LogP contribution in [0.5, 0.6) is 0 Å². The van der Waals surface area contributed by atoms with Gasteiger partial charge in [0.25, 0.3) is 17.7 Å². The predicted octanol–water partition coefficient (Wildman–Crippen LogP) is 2.76. The Bertz CT molecular complexity index is 1610. The minimum Gasteiger partial charge on any atom is -0.337 e. The fraction of sp³-hybridized carbons (Fsp3) is 0.143. The molecule has 1 aliphatic heterocycles. The monoisotopic (exact) mass is 612 g/mol. The topological polar surface area (TPSA) is 145 Å². The van der Waals surface area contributed by atoms with Gasteiger partial charge >= 0.3 is 6.18 Å². The van der Waals surface area contributed by atoms with Crippen LogP contribution in [-0.2, 0) is 15.8 Å². The maximum absolute atomic E-state index is 13.5. The number of rotatable bonds is 5. The van der Waals surface area contributed by atoms with Crippen molar-refractivity contribution >= 4 is 56.5 Å². The van der Waals surface area contributed by atoms with Gasteiger partial charge in [-0.25, -0.2) is 19.7 Å². The smallest absolute Gasteiger partial charge is 0.337 e. The third kappa shape index (κ3) is 4.68. The summed E-state index contributed by atoms with van der Waals surface area (Å²) in [5, 5.41) is 12.4. The number of nitrogens with zero attached hydrogens (tertiary/aromatic N) is 5. The fourth-order valence-corrected chi connectivity index (χ4v) is 4.31. The second-order valence-electron chi connectivity index (χ2n) is 7.77. The van der Waals surface area contributed by atoms with Crippen molar-refractivity contribution < 1.29 is 32.4 Å². The molecule has 38 heavy (non-hydrogen) atoms. The van der Waals surface area contributed by atoms with Gasteiger partial charge in [0.2, 0.25) is 0 Å². The highest BCUT2D eigenvalue weighted by Gasteiger charge is 2.37. The summed E-state index contributed by atoms with van der Waals surface area (Å²) in [6, 6.07) is 5.43. The summed E-state index contributed by atoms with van der Waals surface area (Å²) < 4.78 is 42.6. The van der Waals surface area contributed by atoms with Crippen molar-refractivity contribution in [3.8, 4) is 5.82 Å².